The van der Waals surface area contributed by atoms with Gasteiger partial charge in [-0.25, -0.2) is 8.78 Å². The predicted molar refractivity (Wildman–Crippen MR) is 56.8 cm³/mol. The number of carbonyl (C=O) groups excluding carboxylic acids is 1. The van der Waals surface area contributed by atoms with Crippen molar-refractivity contribution in [2.45, 2.75) is 19.3 Å². The molecule has 1 aromatic rings. The number of fused-ring (bicyclic) bond motifs is 1. The van der Waals surface area contributed by atoms with Gasteiger partial charge in [0.1, 0.15) is 19.5 Å². The van der Waals surface area contributed by atoms with Crippen LogP contribution in [0.1, 0.15) is 24.0 Å². The molecule has 0 radical (unpaired) electrons. The fourth-order valence-electron chi connectivity index (χ4n) is 1.78. The monoisotopic (exact) mass is 242 g/mol. The van der Waals surface area contributed by atoms with Crippen molar-refractivity contribution in [3.8, 4) is 11.5 Å². The lowest BCUT2D eigenvalue weighted by molar-refractivity contribution is -0.107. The Bertz CT molecular complexity index is 418. The molecule has 5 heteroatoms. The summed E-state index contributed by atoms with van der Waals surface area (Å²) in [5.41, 5.74) is 0.500. The number of ether oxygens (including phenoxy) is 2. The highest BCUT2D eigenvalue weighted by atomic mass is 19.3. The van der Waals surface area contributed by atoms with Crippen LogP contribution < -0.4 is 9.47 Å². The maximum absolute atomic E-state index is 12.7. The first-order valence-electron chi connectivity index (χ1n) is 5.36. The predicted octanol–water partition coefficient (Wildman–Crippen LogP) is 2.53. The fraction of sp³-hybridized carbons (Fsp3) is 0.417. The number of hydrogen-bond donors (Lipinski definition) is 0. The number of benzene rings is 1. The third-order valence-electron chi connectivity index (χ3n) is 2.52. The molecule has 0 spiro atoms. The molecular formula is C12H12F2O3. The summed E-state index contributed by atoms with van der Waals surface area (Å²) in [7, 11) is 0. The number of hydrogen-bond acceptors (Lipinski definition) is 3. The van der Waals surface area contributed by atoms with Crippen molar-refractivity contribution >= 4 is 6.29 Å². The topological polar surface area (TPSA) is 35.5 Å². The van der Waals surface area contributed by atoms with E-state index in [1.807, 2.05) is 0 Å². The summed E-state index contributed by atoms with van der Waals surface area (Å²) < 4.78 is 36.0. The number of rotatable bonds is 4. The zero-order valence-electron chi connectivity index (χ0n) is 9.12. The van der Waals surface area contributed by atoms with Crippen molar-refractivity contribution in [1.82, 2.24) is 0 Å². The Hall–Kier alpha value is -1.65. The molecule has 0 unspecified atom stereocenters. The Morgan fingerprint density at radius 3 is 2.76 bits per heavy atom. The maximum atomic E-state index is 12.7. The molecule has 1 heterocycles. The zero-order valence-corrected chi connectivity index (χ0v) is 9.12. The molecule has 0 aliphatic carbocycles. The molecule has 3 nitrogen and oxygen atoms in total. The first kappa shape index (κ1) is 11.8. The number of alkyl halides is 2. The van der Waals surface area contributed by atoms with Crippen LogP contribution in [-0.4, -0.2) is 19.5 Å². The molecule has 17 heavy (non-hydrogen) atoms. The van der Waals surface area contributed by atoms with Crippen molar-refractivity contribution in [2.24, 2.45) is 0 Å². The van der Waals surface area contributed by atoms with Gasteiger partial charge in [0, 0.05) is 12.0 Å². The minimum Gasteiger partial charge on any atom is -0.486 e. The average molecular weight is 242 g/mol. The van der Waals surface area contributed by atoms with Crippen molar-refractivity contribution in [2.75, 3.05) is 13.2 Å². The van der Waals surface area contributed by atoms with E-state index in [4.69, 9.17) is 9.47 Å². The second-order valence-corrected chi connectivity index (χ2v) is 3.71. The van der Waals surface area contributed by atoms with Crippen molar-refractivity contribution in [1.29, 1.82) is 0 Å². The number of carbonyl (C=O) groups is 1. The molecule has 2 rings (SSSR count). The molecule has 0 aromatic heterocycles. The Morgan fingerprint density at radius 1 is 1.29 bits per heavy atom. The van der Waals surface area contributed by atoms with E-state index in [9.17, 15) is 13.6 Å². The van der Waals surface area contributed by atoms with E-state index in [0.29, 0.717) is 36.7 Å². The van der Waals surface area contributed by atoms with Crippen molar-refractivity contribution in [3.63, 3.8) is 0 Å². The van der Waals surface area contributed by atoms with Gasteiger partial charge >= 0.3 is 0 Å². The minimum atomic E-state index is -2.55. The van der Waals surface area contributed by atoms with Crippen LogP contribution in [0.15, 0.2) is 12.1 Å². The van der Waals surface area contributed by atoms with E-state index in [1.165, 1.54) is 12.1 Å². The van der Waals surface area contributed by atoms with Gasteiger partial charge in [-0.1, -0.05) is 0 Å². The fourth-order valence-corrected chi connectivity index (χ4v) is 1.78. The molecule has 0 bridgehead atoms. The molecule has 0 amide bonds. The van der Waals surface area contributed by atoms with Crippen LogP contribution in [0.2, 0.25) is 0 Å². The zero-order chi connectivity index (χ0) is 12.3. The third-order valence-corrected chi connectivity index (χ3v) is 2.52. The van der Waals surface area contributed by atoms with E-state index < -0.39 is 6.43 Å². The summed E-state index contributed by atoms with van der Waals surface area (Å²) in [5.74, 6) is 0.831. The van der Waals surface area contributed by atoms with Gasteiger partial charge in [0.05, 0.1) is 0 Å². The van der Waals surface area contributed by atoms with Gasteiger partial charge in [-0.05, 0) is 24.1 Å². The molecule has 0 saturated heterocycles. The number of aldehydes is 1. The number of halogens is 2. The smallest absolute Gasteiger partial charge is 0.263 e. The van der Waals surface area contributed by atoms with Gasteiger partial charge in [-0.3, -0.25) is 0 Å². The molecular weight excluding hydrogens is 230 g/mol. The van der Waals surface area contributed by atoms with Gasteiger partial charge in [0.2, 0.25) is 0 Å². The lowest BCUT2D eigenvalue weighted by atomic mass is 10.0. The second-order valence-electron chi connectivity index (χ2n) is 3.71. The minimum absolute atomic E-state index is 0.102. The molecule has 92 valence electrons. The lowest BCUT2D eigenvalue weighted by Crippen LogP contribution is -2.17. The van der Waals surface area contributed by atoms with Crippen molar-refractivity contribution < 1.29 is 23.0 Å². The Balaban J connectivity index is 2.38. The van der Waals surface area contributed by atoms with Gasteiger partial charge in [0.15, 0.2) is 11.5 Å². The molecule has 0 atom stereocenters. The van der Waals surface area contributed by atoms with Gasteiger partial charge < -0.3 is 14.3 Å². The summed E-state index contributed by atoms with van der Waals surface area (Å²) in [6, 6.07) is 2.67. The largest absolute Gasteiger partial charge is 0.486 e. The van der Waals surface area contributed by atoms with Crippen LogP contribution in [0.5, 0.6) is 11.5 Å². The molecule has 1 aliphatic heterocycles. The van der Waals surface area contributed by atoms with E-state index in [0.717, 1.165) is 6.29 Å². The first-order chi connectivity index (χ1) is 8.22. The second kappa shape index (κ2) is 5.12. The average Bonchev–Trinajstić information content (AvgIpc) is 2.35. The molecule has 1 aliphatic rings. The van der Waals surface area contributed by atoms with Gasteiger partial charge in [-0.2, -0.15) is 0 Å². The maximum Gasteiger partial charge on any atom is 0.263 e. The third kappa shape index (κ3) is 2.54. The summed E-state index contributed by atoms with van der Waals surface area (Å²) in [4.78, 5) is 10.3. The summed E-state index contributed by atoms with van der Waals surface area (Å²) in [6.45, 7) is 0.752. The van der Waals surface area contributed by atoms with Gasteiger partial charge in [0.25, 0.3) is 6.43 Å². The van der Waals surface area contributed by atoms with Crippen LogP contribution in [0, 0.1) is 0 Å². The summed E-state index contributed by atoms with van der Waals surface area (Å²) in [6.07, 6.45) is -1.13. The molecule has 0 saturated carbocycles. The Labute approximate surface area is 97.3 Å². The Kier molecular flexibility index (Phi) is 3.56. The normalized spacial score (nSPS) is 13.8. The van der Waals surface area contributed by atoms with Gasteiger partial charge in [-0.15, -0.1) is 0 Å². The van der Waals surface area contributed by atoms with E-state index in [-0.39, 0.29) is 12.0 Å². The van der Waals surface area contributed by atoms with Crippen molar-refractivity contribution in [3.05, 3.63) is 23.3 Å². The SMILES string of the molecule is O=CCCc1cc(C(F)F)cc2c1OCCO2. The number of aryl methyl sites for hydroxylation is 1. The summed E-state index contributed by atoms with van der Waals surface area (Å²) >= 11 is 0. The first-order valence-corrected chi connectivity index (χ1v) is 5.36. The van der Waals surface area contributed by atoms with Crippen LogP contribution in [-0.2, 0) is 11.2 Å². The molecule has 0 N–H and O–H groups in total. The quantitative estimate of drug-likeness (QED) is 0.761. The van der Waals surface area contributed by atoms with Crippen LogP contribution in [0.3, 0.4) is 0 Å². The standard InChI is InChI=1S/C12H12F2O3/c13-12(14)9-6-8(2-1-3-15)11-10(7-9)16-4-5-17-11/h3,6-7,12H,1-2,4-5H2. The van der Waals surface area contributed by atoms with Crippen LogP contribution >= 0.6 is 0 Å². The molecule has 0 fully saturated rings. The molecule has 1 aromatic carbocycles. The van der Waals surface area contributed by atoms with E-state index >= 15 is 0 Å². The van der Waals surface area contributed by atoms with Crippen LogP contribution in [0.4, 0.5) is 8.78 Å². The van der Waals surface area contributed by atoms with E-state index in [2.05, 4.69) is 0 Å². The Morgan fingerprint density at radius 2 is 2.06 bits per heavy atom. The highest BCUT2D eigenvalue weighted by molar-refractivity contribution is 5.54. The summed E-state index contributed by atoms with van der Waals surface area (Å²) in [5, 5.41) is 0. The highest BCUT2D eigenvalue weighted by Gasteiger charge is 2.20. The van der Waals surface area contributed by atoms with E-state index in [1.54, 1.807) is 0 Å². The van der Waals surface area contributed by atoms with Crippen LogP contribution in [0.25, 0.3) is 0 Å². The lowest BCUT2D eigenvalue weighted by Gasteiger charge is -2.22. The highest BCUT2D eigenvalue weighted by Crippen LogP contribution is 2.38.